The van der Waals surface area contributed by atoms with Crippen LogP contribution in [0.1, 0.15) is 13.3 Å². The summed E-state index contributed by atoms with van der Waals surface area (Å²) in [5.41, 5.74) is 0. The highest BCUT2D eigenvalue weighted by Gasteiger charge is 2.10. The van der Waals surface area contributed by atoms with Crippen LogP contribution in [0.15, 0.2) is 30.3 Å². The molecule has 0 unspecified atom stereocenters. The van der Waals surface area contributed by atoms with E-state index < -0.39 is 6.04 Å². The van der Waals surface area contributed by atoms with Crippen molar-refractivity contribution in [2.75, 3.05) is 12.8 Å². The van der Waals surface area contributed by atoms with Crippen molar-refractivity contribution in [3.05, 3.63) is 30.3 Å². The zero-order valence-corrected chi connectivity index (χ0v) is 9.37. The van der Waals surface area contributed by atoms with Crippen LogP contribution >= 0.6 is 6.04 Å². The Morgan fingerprint density at radius 2 is 1.83 bits per heavy atom. The van der Waals surface area contributed by atoms with Crippen LogP contribution in [0, 0.1) is 0 Å². The lowest BCUT2D eigenvalue weighted by atomic mass is 10.4. The number of rotatable bonds is 3. The van der Waals surface area contributed by atoms with E-state index >= 15 is 0 Å². The first-order valence-electron chi connectivity index (χ1n) is 4.29. The zero-order valence-electron chi connectivity index (χ0n) is 7.66. The molecule has 0 aliphatic rings. The second-order valence-electron chi connectivity index (χ2n) is 3.16. The Hall–Kier alpha value is -0.130. The molecule has 0 aliphatic carbocycles. The second-order valence-corrected chi connectivity index (χ2v) is 8.74. The SMILES string of the molecule is CCC[P@@](C)(=S)c1ccccc1. The summed E-state index contributed by atoms with van der Waals surface area (Å²) < 4.78 is 0. The molecule has 2 heteroatoms. The predicted octanol–water partition coefficient (Wildman–Crippen LogP) is 2.83. The van der Waals surface area contributed by atoms with Crippen LogP contribution in [0.25, 0.3) is 0 Å². The van der Waals surface area contributed by atoms with E-state index in [1.54, 1.807) is 0 Å². The van der Waals surface area contributed by atoms with Gasteiger partial charge in [-0.25, -0.2) is 0 Å². The third-order valence-electron chi connectivity index (χ3n) is 1.95. The van der Waals surface area contributed by atoms with Crippen molar-refractivity contribution in [3.63, 3.8) is 0 Å². The van der Waals surface area contributed by atoms with Crippen molar-refractivity contribution in [1.29, 1.82) is 0 Å². The highest BCUT2D eigenvalue weighted by Crippen LogP contribution is 2.40. The lowest BCUT2D eigenvalue weighted by Gasteiger charge is -2.15. The third kappa shape index (κ3) is 2.43. The van der Waals surface area contributed by atoms with E-state index in [9.17, 15) is 0 Å². The zero-order chi connectivity index (χ0) is 9.03. The van der Waals surface area contributed by atoms with Crippen molar-refractivity contribution in [3.8, 4) is 0 Å². The molecule has 1 aromatic rings. The van der Waals surface area contributed by atoms with Gasteiger partial charge in [-0.1, -0.05) is 55.5 Å². The molecule has 1 rings (SSSR count). The number of hydrogen-bond acceptors (Lipinski definition) is 1. The molecule has 0 bridgehead atoms. The summed E-state index contributed by atoms with van der Waals surface area (Å²) in [4.78, 5) is 0. The van der Waals surface area contributed by atoms with Crippen molar-refractivity contribution >= 4 is 23.1 Å². The molecule has 0 nitrogen and oxygen atoms in total. The van der Waals surface area contributed by atoms with Gasteiger partial charge in [0, 0.05) is 0 Å². The van der Waals surface area contributed by atoms with Crippen LogP contribution < -0.4 is 5.30 Å². The smallest absolute Gasteiger partial charge is 0.0145 e. The molecule has 0 saturated heterocycles. The van der Waals surface area contributed by atoms with E-state index in [4.69, 9.17) is 11.8 Å². The summed E-state index contributed by atoms with van der Waals surface area (Å²) in [6, 6.07) is 9.32. The summed E-state index contributed by atoms with van der Waals surface area (Å²) in [5, 5.41) is 1.38. The molecule has 1 atom stereocenters. The molecule has 66 valence electrons. The first kappa shape index (κ1) is 9.95. The molecule has 12 heavy (non-hydrogen) atoms. The molecule has 0 heterocycles. The molecule has 0 aromatic heterocycles. The van der Waals surface area contributed by atoms with Crippen LogP contribution in [0.3, 0.4) is 0 Å². The Balaban J connectivity index is 2.90. The lowest BCUT2D eigenvalue weighted by Crippen LogP contribution is -2.04. The Kier molecular flexibility index (Phi) is 3.49. The fourth-order valence-corrected chi connectivity index (χ4v) is 4.13. The number of hydrogen-bond donors (Lipinski definition) is 0. The summed E-state index contributed by atoms with van der Waals surface area (Å²) in [5.74, 6) is 0. The van der Waals surface area contributed by atoms with Crippen molar-refractivity contribution in [1.82, 2.24) is 0 Å². The average Bonchev–Trinajstić information content (AvgIpc) is 2.06. The molecule has 0 aliphatic heterocycles. The average molecular weight is 198 g/mol. The molecule has 0 amide bonds. The topological polar surface area (TPSA) is 0 Å². The maximum atomic E-state index is 5.62. The summed E-state index contributed by atoms with van der Waals surface area (Å²) in [6.07, 6.45) is 2.38. The summed E-state index contributed by atoms with van der Waals surface area (Å²) in [7, 11) is 0. The highest BCUT2D eigenvalue weighted by atomic mass is 32.4. The van der Waals surface area contributed by atoms with E-state index in [0.717, 1.165) is 0 Å². The van der Waals surface area contributed by atoms with E-state index in [1.165, 1.54) is 17.9 Å². The minimum absolute atomic E-state index is 1.19. The predicted molar refractivity (Wildman–Crippen MR) is 61.4 cm³/mol. The van der Waals surface area contributed by atoms with Gasteiger partial charge in [-0.15, -0.1) is 0 Å². The third-order valence-corrected chi connectivity index (χ3v) is 5.82. The fraction of sp³-hybridized carbons (Fsp3) is 0.400. The molecular formula is C10H15PS. The minimum Gasteiger partial charge on any atom is -0.0928 e. The van der Waals surface area contributed by atoms with Crippen LogP contribution in [0.2, 0.25) is 0 Å². The maximum Gasteiger partial charge on any atom is -0.0145 e. The normalized spacial score (nSPS) is 15.5. The van der Waals surface area contributed by atoms with Gasteiger partial charge in [-0.3, -0.25) is 0 Å². The molecule has 0 saturated carbocycles. The largest absolute Gasteiger partial charge is 0.0928 e. The highest BCUT2D eigenvalue weighted by molar-refractivity contribution is 8.17. The van der Waals surface area contributed by atoms with Crippen molar-refractivity contribution < 1.29 is 0 Å². The molecule has 0 radical (unpaired) electrons. The molecular weight excluding hydrogens is 183 g/mol. The van der Waals surface area contributed by atoms with Gasteiger partial charge in [0.25, 0.3) is 0 Å². The fourth-order valence-electron chi connectivity index (χ4n) is 1.30. The Labute approximate surface area is 80.0 Å². The summed E-state index contributed by atoms with van der Waals surface area (Å²) in [6.45, 7) is 4.44. The Bertz CT molecular complexity index is 279. The number of benzene rings is 1. The molecule has 1 aromatic carbocycles. The quantitative estimate of drug-likeness (QED) is 0.673. The Morgan fingerprint density at radius 1 is 1.25 bits per heavy atom. The van der Waals surface area contributed by atoms with Gasteiger partial charge in [-0.05, 0) is 24.2 Å². The summed E-state index contributed by atoms with van der Waals surface area (Å²) >= 11 is 5.62. The molecule has 0 spiro atoms. The first-order valence-corrected chi connectivity index (χ1v) is 7.72. The van der Waals surface area contributed by atoms with Gasteiger partial charge in [0.1, 0.15) is 0 Å². The standard InChI is InChI=1S/C10H15PS/c1-3-9-11(2,12)10-7-5-4-6-8-10/h4-8H,3,9H2,1-2H3/t11-/m1/s1. The second kappa shape index (κ2) is 4.20. The van der Waals surface area contributed by atoms with Gasteiger partial charge in [0.05, 0.1) is 0 Å². The van der Waals surface area contributed by atoms with Crippen LogP contribution in [0.4, 0.5) is 0 Å². The van der Waals surface area contributed by atoms with E-state index in [1.807, 2.05) is 6.07 Å². The monoisotopic (exact) mass is 198 g/mol. The van der Waals surface area contributed by atoms with Crippen LogP contribution in [-0.2, 0) is 11.8 Å². The lowest BCUT2D eigenvalue weighted by molar-refractivity contribution is 1.10. The van der Waals surface area contributed by atoms with E-state index in [0.29, 0.717) is 0 Å². The molecule has 0 N–H and O–H groups in total. The van der Waals surface area contributed by atoms with Crippen molar-refractivity contribution in [2.45, 2.75) is 13.3 Å². The van der Waals surface area contributed by atoms with E-state index in [2.05, 4.69) is 37.9 Å². The van der Waals surface area contributed by atoms with Gasteiger partial charge in [0.2, 0.25) is 0 Å². The van der Waals surface area contributed by atoms with Gasteiger partial charge in [-0.2, -0.15) is 0 Å². The van der Waals surface area contributed by atoms with Crippen molar-refractivity contribution in [2.24, 2.45) is 0 Å². The first-order chi connectivity index (χ1) is 5.67. The van der Waals surface area contributed by atoms with Crippen LogP contribution in [-0.4, -0.2) is 12.8 Å². The molecule has 0 fully saturated rings. The van der Waals surface area contributed by atoms with E-state index in [-0.39, 0.29) is 0 Å². The maximum absolute atomic E-state index is 5.62. The van der Waals surface area contributed by atoms with Gasteiger partial charge in [0.15, 0.2) is 0 Å². The minimum atomic E-state index is -1.21. The van der Waals surface area contributed by atoms with Crippen LogP contribution in [0.5, 0.6) is 0 Å². The van der Waals surface area contributed by atoms with Gasteiger partial charge >= 0.3 is 0 Å². The van der Waals surface area contributed by atoms with Gasteiger partial charge < -0.3 is 0 Å². The Morgan fingerprint density at radius 3 is 2.33 bits per heavy atom.